The third-order valence-corrected chi connectivity index (χ3v) is 9.95. The molecule has 2 atom stereocenters. The van der Waals surface area contributed by atoms with Gasteiger partial charge in [0, 0.05) is 65.7 Å². The third kappa shape index (κ3) is 6.69. The summed E-state index contributed by atoms with van der Waals surface area (Å²) in [6.07, 6.45) is 4.35. The molecule has 0 saturated carbocycles. The summed E-state index contributed by atoms with van der Waals surface area (Å²) in [6, 6.07) is 13.9. The van der Waals surface area contributed by atoms with Crippen LogP contribution in [-0.2, 0) is 22.6 Å². The van der Waals surface area contributed by atoms with E-state index >= 15 is 0 Å². The first-order valence-electron chi connectivity index (χ1n) is 14.6. The number of halogens is 2. The Bertz CT molecular complexity index is 1280. The smallest absolute Gasteiger partial charge is 0.411 e. The van der Waals surface area contributed by atoms with E-state index in [-0.39, 0.29) is 25.1 Å². The van der Waals surface area contributed by atoms with Crippen molar-refractivity contribution in [3.63, 3.8) is 0 Å². The molecular formula is C31H39Br2N5O4. The van der Waals surface area contributed by atoms with Crippen molar-refractivity contribution in [1.29, 1.82) is 0 Å². The number of aldehydes is 1. The molecule has 0 unspecified atom stereocenters. The maximum atomic E-state index is 13.8. The second-order valence-corrected chi connectivity index (χ2v) is 13.5. The molecule has 0 radical (unpaired) electrons. The molecule has 226 valence electrons. The van der Waals surface area contributed by atoms with E-state index in [1.54, 1.807) is 4.90 Å². The van der Waals surface area contributed by atoms with Crippen LogP contribution < -0.4 is 5.32 Å². The average Bonchev–Trinajstić information content (AvgIpc) is 3.13. The molecule has 42 heavy (non-hydrogen) atoms. The fourth-order valence-electron chi connectivity index (χ4n) is 6.81. The molecule has 3 amide bonds. The van der Waals surface area contributed by atoms with Gasteiger partial charge in [0.25, 0.3) is 0 Å². The minimum Gasteiger partial charge on any atom is -0.444 e. The van der Waals surface area contributed by atoms with Crippen molar-refractivity contribution in [2.24, 2.45) is 0 Å². The van der Waals surface area contributed by atoms with Crippen molar-refractivity contribution in [2.45, 2.75) is 62.9 Å². The van der Waals surface area contributed by atoms with E-state index in [4.69, 9.17) is 4.74 Å². The number of carbonyl (C=O) groups excluding carboxylic acids is 3. The maximum Gasteiger partial charge on any atom is 0.411 e. The van der Waals surface area contributed by atoms with Gasteiger partial charge in [-0.2, -0.15) is 0 Å². The van der Waals surface area contributed by atoms with Gasteiger partial charge >= 0.3 is 12.1 Å². The third-order valence-electron chi connectivity index (χ3n) is 9.03. The van der Waals surface area contributed by atoms with E-state index < -0.39 is 11.8 Å². The van der Waals surface area contributed by atoms with Crippen molar-refractivity contribution >= 4 is 56.0 Å². The second kappa shape index (κ2) is 13.4. The molecule has 2 saturated heterocycles. The van der Waals surface area contributed by atoms with Crippen molar-refractivity contribution in [1.82, 2.24) is 19.6 Å². The summed E-state index contributed by atoms with van der Waals surface area (Å²) >= 11 is 7.00. The highest BCUT2D eigenvalue weighted by Gasteiger charge is 2.51. The largest absolute Gasteiger partial charge is 0.444 e. The van der Waals surface area contributed by atoms with Crippen LogP contribution >= 0.6 is 31.9 Å². The van der Waals surface area contributed by atoms with Crippen LogP contribution in [0.5, 0.6) is 0 Å². The number of hydrogen-bond acceptors (Lipinski definition) is 6. The normalized spacial score (nSPS) is 23.7. The molecule has 9 nitrogen and oxygen atoms in total. The number of piperidine rings is 2. The predicted molar refractivity (Wildman–Crippen MR) is 169 cm³/mol. The van der Waals surface area contributed by atoms with Gasteiger partial charge in [-0.25, -0.2) is 9.59 Å². The van der Waals surface area contributed by atoms with Gasteiger partial charge in [0.05, 0.1) is 0 Å². The summed E-state index contributed by atoms with van der Waals surface area (Å²) in [5.41, 5.74) is 1.93. The molecule has 5 rings (SSSR count). The highest BCUT2D eigenvalue weighted by Crippen LogP contribution is 2.39. The number of amides is 3. The molecular weight excluding hydrogens is 666 g/mol. The Balaban J connectivity index is 1.41. The summed E-state index contributed by atoms with van der Waals surface area (Å²) in [7, 11) is 4.19. The molecule has 2 aromatic carbocycles. The fraction of sp³-hybridized carbons (Fsp3) is 0.516. The SMILES string of the molecule is CN(C)C1CCN([C@]2(CC=O)C[C@H](N3CCc4ccccc4NC3=O)CCN2C(=O)OCc2cc(Br)cc(Br)c2)CC1. The average molecular weight is 705 g/mol. The Morgan fingerprint density at radius 1 is 1.07 bits per heavy atom. The first-order chi connectivity index (χ1) is 20.2. The Morgan fingerprint density at radius 2 is 1.79 bits per heavy atom. The topological polar surface area (TPSA) is 85.4 Å². The minimum absolute atomic E-state index is 0.115. The zero-order valence-electron chi connectivity index (χ0n) is 24.2. The van der Waals surface area contributed by atoms with Gasteiger partial charge in [-0.3, -0.25) is 9.80 Å². The molecule has 3 aliphatic heterocycles. The lowest BCUT2D eigenvalue weighted by atomic mass is 9.84. The number of rotatable bonds is 7. The second-order valence-electron chi connectivity index (χ2n) is 11.7. The number of benzene rings is 2. The number of ether oxygens (including phenoxy) is 1. The number of nitrogens with zero attached hydrogens (tertiary/aromatic N) is 4. The lowest BCUT2D eigenvalue weighted by molar-refractivity contribution is -0.128. The summed E-state index contributed by atoms with van der Waals surface area (Å²) in [4.78, 5) is 47.9. The van der Waals surface area contributed by atoms with E-state index in [9.17, 15) is 14.4 Å². The first-order valence-corrected chi connectivity index (χ1v) is 16.2. The van der Waals surface area contributed by atoms with E-state index in [1.807, 2.05) is 47.4 Å². The molecule has 2 aromatic rings. The zero-order valence-corrected chi connectivity index (χ0v) is 27.4. The minimum atomic E-state index is -0.879. The highest BCUT2D eigenvalue weighted by molar-refractivity contribution is 9.11. The van der Waals surface area contributed by atoms with Gasteiger partial charge in [-0.1, -0.05) is 50.1 Å². The highest BCUT2D eigenvalue weighted by atomic mass is 79.9. The summed E-state index contributed by atoms with van der Waals surface area (Å²) < 4.78 is 7.67. The lowest BCUT2D eigenvalue weighted by Gasteiger charge is -2.56. The quantitative estimate of drug-likeness (QED) is 0.372. The summed E-state index contributed by atoms with van der Waals surface area (Å²) in [6.45, 7) is 2.59. The fourth-order valence-corrected chi connectivity index (χ4v) is 8.20. The Hall–Kier alpha value is -2.47. The molecule has 3 heterocycles. The van der Waals surface area contributed by atoms with Crippen molar-refractivity contribution in [2.75, 3.05) is 45.6 Å². The van der Waals surface area contributed by atoms with Gasteiger partial charge in [0.2, 0.25) is 0 Å². The van der Waals surface area contributed by atoms with Gasteiger partial charge in [-0.05, 0) is 75.2 Å². The van der Waals surface area contributed by atoms with Crippen LogP contribution in [0, 0.1) is 0 Å². The van der Waals surface area contributed by atoms with Crippen LogP contribution in [-0.4, -0.2) is 96.0 Å². The zero-order chi connectivity index (χ0) is 29.9. The molecule has 0 bridgehead atoms. The molecule has 3 aliphatic rings. The molecule has 0 spiro atoms. The van der Waals surface area contributed by atoms with Gasteiger partial charge in [0.15, 0.2) is 0 Å². The molecule has 11 heteroatoms. The van der Waals surface area contributed by atoms with Crippen LogP contribution in [0.25, 0.3) is 0 Å². The van der Waals surface area contributed by atoms with Gasteiger partial charge in [-0.15, -0.1) is 0 Å². The maximum absolute atomic E-state index is 13.8. The summed E-state index contributed by atoms with van der Waals surface area (Å²) in [5, 5.41) is 3.09. The van der Waals surface area contributed by atoms with Crippen LogP contribution in [0.1, 0.15) is 43.2 Å². The number of hydrogen-bond donors (Lipinski definition) is 1. The molecule has 2 fully saturated rings. The van der Waals surface area contributed by atoms with Crippen LogP contribution in [0.4, 0.5) is 15.3 Å². The van der Waals surface area contributed by atoms with Crippen molar-refractivity contribution in [3.8, 4) is 0 Å². The number of fused-ring (bicyclic) bond motifs is 1. The van der Waals surface area contributed by atoms with E-state index in [2.05, 4.69) is 61.1 Å². The Labute approximate surface area is 264 Å². The predicted octanol–water partition coefficient (Wildman–Crippen LogP) is 5.71. The van der Waals surface area contributed by atoms with Crippen LogP contribution in [0.2, 0.25) is 0 Å². The number of likely N-dealkylation sites (tertiary alicyclic amines) is 2. The number of nitrogens with one attached hydrogen (secondary N) is 1. The number of carbonyl (C=O) groups is 3. The molecule has 0 aromatic heterocycles. The standard InChI is InChI=1S/C31H39Br2N5O4/c1-35(2)26-8-12-36(13-9-26)31(11-16-39)20-27(37-14-7-23-5-3-4-6-28(23)34-29(37)40)10-15-38(31)30(41)42-21-22-17-24(32)19-25(33)18-22/h3-6,16-19,26-27H,7-15,20-21H2,1-2H3,(H,34,40)/t27-,31+/m1/s1. The number of urea groups is 1. The Kier molecular flexibility index (Phi) is 9.92. The van der Waals surface area contributed by atoms with Gasteiger partial charge in [0.1, 0.15) is 18.6 Å². The van der Waals surface area contributed by atoms with Gasteiger partial charge < -0.3 is 24.6 Å². The first kappa shape index (κ1) is 31.0. The molecule has 0 aliphatic carbocycles. The summed E-state index contributed by atoms with van der Waals surface area (Å²) in [5.74, 6) is 0. The van der Waals surface area contributed by atoms with E-state index in [0.717, 1.165) is 64.4 Å². The van der Waals surface area contributed by atoms with Crippen LogP contribution in [0.3, 0.4) is 0 Å². The number of para-hydroxylation sites is 1. The lowest BCUT2D eigenvalue weighted by Crippen LogP contribution is -2.69. The van der Waals surface area contributed by atoms with E-state index in [1.165, 1.54) is 0 Å². The monoisotopic (exact) mass is 703 g/mol. The Morgan fingerprint density at radius 3 is 2.48 bits per heavy atom. The van der Waals surface area contributed by atoms with Crippen molar-refractivity contribution < 1.29 is 19.1 Å². The van der Waals surface area contributed by atoms with Crippen molar-refractivity contribution in [3.05, 3.63) is 62.5 Å². The van der Waals surface area contributed by atoms with Crippen LogP contribution in [0.15, 0.2) is 51.4 Å². The number of anilines is 1. The van der Waals surface area contributed by atoms with E-state index in [0.29, 0.717) is 32.0 Å². The molecule has 1 N–H and O–H groups in total.